The van der Waals surface area contributed by atoms with Gasteiger partial charge in [0, 0.05) is 19.5 Å². The number of ether oxygens (including phenoxy) is 3. The van der Waals surface area contributed by atoms with Crippen molar-refractivity contribution in [3.05, 3.63) is 35.9 Å². The van der Waals surface area contributed by atoms with Crippen LogP contribution < -0.4 is 5.32 Å². The van der Waals surface area contributed by atoms with Crippen LogP contribution in [0.15, 0.2) is 30.3 Å². The lowest BCUT2D eigenvalue weighted by Gasteiger charge is -2.27. The van der Waals surface area contributed by atoms with Crippen LogP contribution in [0.25, 0.3) is 0 Å². The molecule has 1 aliphatic heterocycles. The molecular formula is C24H34F2N2O6. The number of halogens is 2. The summed E-state index contributed by atoms with van der Waals surface area (Å²) in [5.41, 5.74) is 0.809. The molecule has 1 aromatic rings. The maximum absolute atomic E-state index is 13.0. The van der Waals surface area contributed by atoms with Crippen LogP contribution in [-0.2, 0) is 35.2 Å². The molecule has 0 spiro atoms. The van der Waals surface area contributed by atoms with Gasteiger partial charge in [-0.25, -0.2) is 0 Å². The molecule has 1 saturated heterocycles. The summed E-state index contributed by atoms with van der Waals surface area (Å²) in [6, 6.07) is 7.84. The monoisotopic (exact) mass is 484 g/mol. The van der Waals surface area contributed by atoms with Crippen molar-refractivity contribution in [2.45, 2.75) is 45.9 Å². The second-order valence-corrected chi connectivity index (χ2v) is 8.69. The van der Waals surface area contributed by atoms with E-state index < -0.39 is 42.8 Å². The molecule has 1 N–H and O–H groups in total. The Bertz CT molecular complexity index is 772. The third kappa shape index (κ3) is 10.7. The first kappa shape index (κ1) is 27.8. The molecule has 10 heteroatoms. The number of benzene rings is 1. The number of carbonyl (C=O) groups excluding carboxylic acids is 3. The number of nitrogens with zero attached hydrogens (tertiary/aromatic N) is 1. The minimum atomic E-state index is -3.09. The van der Waals surface area contributed by atoms with Gasteiger partial charge in [0.1, 0.15) is 12.6 Å². The highest BCUT2D eigenvalue weighted by Gasteiger charge is 2.30. The first-order chi connectivity index (χ1) is 16.2. The Hall–Kier alpha value is -2.43. The minimum Gasteiger partial charge on any atom is -0.461 e. The molecule has 34 heavy (non-hydrogen) atoms. The largest absolute Gasteiger partial charge is 0.461 e. The van der Waals surface area contributed by atoms with Crippen LogP contribution in [0.2, 0.25) is 0 Å². The van der Waals surface area contributed by atoms with Gasteiger partial charge in [0.2, 0.25) is 5.91 Å². The van der Waals surface area contributed by atoms with Gasteiger partial charge in [-0.15, -0.1) is 0 Å². The number of rotatable bonds is 14. The maximum atomic E-state index is 13.0. The Labute approximate surface area is 198 Å². The first-order valence-electron chi connectivity index (χ1n) is 11.5. The molecule has 2 atom stereocenters. The number of nitrogens with one attached hydrogen (secondary N) is 1. The van der Waals surface area contributed by atoms with Gasteiger partial charge in [-0.3, -0.25) is 19.3 Å². The number of carbonyl (C=O) groups is 3. The second-order valence-electron chi connectivity index (χ2n) is 8.69. The first-order valence-corrected chi connectivity index (χ1v) is 11.5. The number of hydrogen-bond donors (Lipinski definition) is 1. The lowest BCUT2D eigenvalue weighted by molar-refractivity contribution is -0.154. The predicted molar refractivity (Wildman–Crippen MR) is 120 cm³/mol. The van der Waals surface area contributed by atoms with Gasteiger partial charge >= 0.3 is 12.6 Å². The number of amides is 1. The average Bonchev–Trinajstić information content (AvgIpc) is 2.80. The summed E-state index contributed by atoms with van der Waals surface area (Å²) in [7, 11) is 0. The Balaban J connectivity index is 1.99. The van der Waals surface area contributed by atoms with E-state index in [0.717, 1.165) is 5.56 Å². The van der Waals surface area contributed by atoms with Crippen molar-refractivity contribution in [1.82, 2.24) is 10.2 Å². The van der Waals surface area contributed by atoms with Crippen LogP contribution in [0.3, 0.4) is 0 Å². The van der Waals surface area contributed by atoms with Gasteiger partial charge in [0.05, 0.1) is 32.3 Å². The lowest BCUT2D eigenvalue weighted by Crippen LogP contribution is -2.50. The predicted octanol–water partition coefficient (Wildman–Crippen LogP) is 2.41. The fourth-order valence-corrected chi connectivity index (χ4v) is 3.65. The van der Waals surface area contributed by atoms with Gasteiger partial charge in [0.15, 0.2) is 5.78 Å². The van der Waals surface area contributed by atoms with Crippen LogP contribution in [0.1, 0.15) is 32.3 Å². The van der Waals surface area contributed by atoms with Crippen LogP contribution in [0.4, 0.5) is 8.78 Å². The number of alkyl halides is 2. The molecule has 1 amide bonds. The summed E-state index contributed by atoms with van der Waals surface area (Å²) in [6.45, 7) is 2.22. The van der Waals surface area contributed by atoms with Crippen molar-refractivity contribution < 1.29 is 37.4 Å². The van der Waals surface area contributed by atoms with Gasteiger partial charge in [-0.2, -0.15) is 8.78 Å². The Kier molecular flexibility index (Phi) is 12.1. The third-order valence-electron chi connectivity index (χ3n) is 5.34. The highest BCUT2D eigenvalue weighted by atomic mass is 19.3. The normalized spacial score (nSPS) is 16.3. The second kappa shape index (κ2) is 14.7. The zero-order chi connectivity index (χ0) is 24.9. The molecule has 190 valence electrons. The summed E-state index contributed by atoms with van der Waals surface area (Å²) in [4.78, 5) is 40.0. The molecule has 1 aromatic carbocycles. The van der Waals surface area contributed by atoms with E-state index in [0.29, 0.717) is 32.7 Å². The number of morpholine rings is 1. The highest BCUT2D eigenvalue weighted by Crippen LogP contribution is 2.20. The van der Waals surface area contributed by atoms with Crippen LogP contribution in [0, 0.1) is 11.8 Å². The van der Waals surface area contributed by atoms with E-state index in [2.05, 4.69) is 10.1 Å². The smallest absolute Gasteiger partial charge is 0.345 e. The molecule has 0 aliphatic carbocycles. The fourth-order valence-electron chi connectivity index (χ4n) is 3.65. The zero-order valence-corrected chi connectivity index (χ0v) is 19.7. The van der Waals surface area contributed by atoms with E-state index in [4.69, 9.17) is 9.47 Å². The quantitative estimate of drug-likeness (QED) is 0.405. The van der Waals surface area contributed by atoms with E-state index >= 15 is 0 Å². The molecule has 0 bridgehead atoms. The Morgan fingerprint density at radius 3 is 2.41 bits per heavy atom. The van der Waals surface area contributed by atoms with Crippen molar-refractivity contribution in [1.29, 1.82) is 0 Å². The summed E-state index contributed by atoms with van der Waals surface area (Å²) in [6.07, 6.45) is 0.129. The average molecular weight is 485 g/mol. The number of hydrogen-bond acceptors (Lipinski definition) is 7. The molecule has 1 fully saturated rings. The fraction of sp³-hybridized carbons (Fsp3) is 0.625. The summed E-state index contributed by atoms with van der Waals surface area (Å²) >= 11 is 0. The lowest BCUT2D eigenvalue weighted by atomic mass is 9.90. The topological polar surface area (TPSA) is 94.2 Å². The Morgan fingerprint density at radius 1 is 1.12 bits per heavy atom. The molecule has 0 radical (unpaired) electrons. The molecule has 2 rings (SSSR count). The number of ketones is 1. The summed E-state index contributed by atoms with van der Waals surface area (Å²) in [5.74, 6) is -2.25. The molecule has 8 nitrogen and oxygen atoms in total. The molecule has 0 saturated carbocycles. The van der Waals surface area contributed by atoms with Crippen molar-refractivity contribution in [3.63, 3.8) is 0 Å². The van der Waals surface area contributed by atoms with Crippen molar-refractivity contribution in [2.75, 3.05) is 39.5 Å². The van der Waals surface area contributed by atoms with E-state index in [1.807, 2.05) is 49.1 Å². The molecule has 1 heterocycles. The van der Waals surface area contributed by atoms with Crippen molar-refractivity contribution >= 4 is 17.7 Å². The van der Waals surface area contributed by atoms with Crippen molar-refractivity contribution in [2.24, 2.45) is 11.8 Å². The van der Waals surface area contributed by atoms with Gasteiger partial charge in [0.25, 0.3) is 0 Å². The molecule has 0 unspecified atom stereocenters. The SMILES string of the molecule is CC(C)C[C@H](CC(=O)[C@H](COC(F)F)NC(=O)CN1CCOCC1)C(=O)OCc1ccccc1. The van der Waals surface area contributed by atoms with Gasteiger partial charge < -0.3 is 19.5 Å². The van der Waals surface area contributed by atoms with Gasteiger partial charge in [-0.05, 0) is 17.9 Å². The minimum absolute atomic E-state index is 0.0103. The van der Waals surface area contributed by atoms with E-state index in [1.165, 1.54) is 0 Å². The van der Waals surface area contributed by atoms with Crippen LogP contribution in [-0.4, -0.2) is 74.7 Å². The third-order valence-corrected chi connectivity index (χ3v) is 5.34. The maximum Gasteiger partial charge on any atom is 0.345 e. The van der Waals surface area contributed by atoms with Gasteiger partial charge in [-0.1, -0.05) is 44.2 Å². The Morgan fingerprint density at radius 2 is 1.79 bits per heavy atom. The van der Waals surface area contributed by atoms with Crippen LogP contribution in [0.5, 0.6) is 0 Å². The molecular weight excluding hydrogens is 450 g/mol. The summed E-state index contributed by atoms with van der Waals surface area (Å²) in [5, 5.41) is 2.49. The highest BCUT2D eigenvalue weighted by molar-refractivity contribution is 5.92. The van der Waals surface area contributed by atoms with E-state index in [-0.39, 0.29) is 25.5 Å². The molecule has 1 aliphatic rings. The standard InChI is InChI=1S/C24H34F2N2O6/c1-17(2)12-19(23(31)33-15-18-6-4-3-5-7-18)13-21(29)20(16-34-24(25)26)27-22(30)14-28-8-10-32-11-9-28/h3-7,17,19-20,24H,8-16H2,1-2H3,(H,27,30)/t19-,20+/m1/s1. The van der Waals surface area contributed by atoms with E-state index in [9.17, 15) is 23.2 Å². The van der Waals surface area contributed by atoms with E-state index in [1.54, 1.807) is 0 Å². The number of Topliss-reactive ketones (excluding diaryl/α,β-unsaturated/α-hetero) is 1. The summed E-state index contributed by atoms with van der Waals surface area (Å²) < 4.78 is 40.3. The van der Waals surface area contributed by atoms with Crippen molar-refractivity contribution in [3.8, 4) is 0 Å². The molecule has 0 aromatic heterocycles. The zero-order valence-electron chi connectivity index (χ0n) is 19.7. The number of esters is 1. The van der Waals surface area contributed by atoms with Crippen LogP contribution >= 0.6 is 0 Å².